The van der Waals surface area contributed by atoms with Gasteiger partial charge in [-0.25, -0.2) is 9.79 Å². The number of nitrogens with zero attached hydrogens (tertiary/aromatic N) is 2. The number of carbonyl (C=O) groups is 1. The third-order valence-electron chi connectivity index (χ3n) is 5.94. The number of hydrogen-bond acceptors (Lipinski definition) is 9. The minimum Gasteiger partial charge on any atom is -0.497 e. The molecule has 2 aromatic carbocycles. The van der Waals surface area contributed by atoms with Crippen LogP contribution >= 0.6 is 11.3 Å². The molecule has 0 saturated carbocycles. The van der Waals surface area contributed by atoms with Crippen LogP contribution in [0.2, 0.25) is 0 Å². The fraction of sp³-hybridized carbons (Fsp3) is 0.269. The maximum atomic E-state index is 13.8. The molecule has 3 aromatic rings. The summed E-state index contributed by atoms with van der Waals surface area (Å²) in [5.41, 5.74) is 1.82. The van der Waals surface area contributed by atoms with Gasteiger partial charge in [0, 0.05) is 5.56 Å². The summed E-state index contributed by atoms with van der Waals surface area (Å²) >= 11 is 1.24. The van der Waals surface area contributed by atoms with E-state index in [1.165, 1.54) is 23.0 Å². The number of rotatable bonds is 6. The van der Waals surface area contributed by atoms with E-state index in [4.69, 9.17) is 23.7 Å². The molecule has 0 N–H and O–H groups in total. The zero-order valence-electron chi connectivity index (χ0n) is 20.2. The summed E-state index contributed by atoms with van der Waals surface area (Å²) in [6.45, 7) is 3.82. The predicted molar refractivity (Wildman–Crippen MR) is 133 cm³/mol. The Balaban J connectivity index is 1.74. The van der Waals surface area contributed by atoms with E-state index in [0.717, 1.165) is 5.56 Å². The fourth-order valence-corrected chi connectivity index (χ4v) is 5.34. The number of hydrogen-bond donors (Lipinski definition) is 0. The quantitative estimate of drug-likeness (QED) is 0.472. The molecule has 0 radical (unpaired) electrons. The number of aromatic nitrogens is 1. The summed E-state index contributed by atoms with van der Waals surface area (Å²) in [5.74, 6) is 1.80. The van der Waals surface area contributed by atoms with E-state index in [1.807, 2.05) is 12.1 Å². The molecular weight excluding hydrogens is 484 g/mol. The van der Waals surface area contributed by atoms with Crippen LogP contribution in [0.15, 0.2) is 57.5 Å². The highest BCUT2D eigenvalue weighted by Gasteiger charge is 2.35. The highest BCUT2D eigenvalue weighted by Crippen LogP contribution is 2.38. The highest BCUT2D eigenvalue weighted by atomic mass is 32.1. The van der Waals surface area contributed by atoms with Crippen molar-refractivity contribution in [2.45, 2.75) is 19.9 Å². The topological polar surface area (TPSA) is 97.6 Å². The largest absolute Gasteiger partial charge is 0.497 e. The van der Waals surface area contributed by atoms with E-state index >= 15 is 0 Å². The molecule has 0 saturated heterocycles. The van der Waals surface area contributed by atoms with E-state index in [1.54, 1.807) is 51.3 Å². The van der Waals surface area contributed by atoms with Gasteiger partial charge in [0.1, 0.15) is 17.5 Å². The molecule has 0 fully saturated rings. The molecule has 0 aliphatic carbocycles. The van der Waals surface area contributed by atoms with E-state index in [-0.39, 0.29) is 24.5 Å². The van der Waals surface area contributed by atoms with Crippen LogP contribution in [0.25, 0.3) is 6.08 Å². The summed E-state index contributed by atoms with van der Waals surface area (Å²) < 4.78 is 29.2. The zero-order chi connectivity index (χ0) is 25.4. The fourth-order valence-electron chi connectivity index (χ4n) is 4.29. The summed E-state index contributed by atoms with van der Waals surface area (Å²) in [6, 6.07) is 9.92. The lowest BCUT2D eigenvalue weighted by atomic mass is 9.94. The average Bonchev–Trinajstić information content (AvgIpc) is 3.46. The lowest BCUT2D eigenvalue weighted by Gasteiger charge is -2.26. The third-order valence-corrected chi connectivity index (χ3v) is 6.93. The smallest absolute Gasteiger partial charge is 0.338 e. The molecule has 2 aliphatic heterocycles. The minimum absolute atomic E-state index is 0.166. The molecule has 1 aromatic heterocycles. The van der Waals surface area contributed by atoms with E-state index < -0.39 is 12.0 Å². The van der Waals surface area contributed by atoms with Crippen LogP contribution in [0.1, 0.15) is 31.0 Å². The molecule has 2 aliphatic rings. The third kappa shape index (κ3) is 4.03. The first-order valence-corrected chi connectivity index (χ1v) is 12.1. The van der Waals surface area contributed by atoms with Gasteiger partial charge < -0.3 is 23.7 Å². The van der Waals surface area contributed by atoms with Crippen molar-refractivity contribution in [3.8, 4) is 23.0 Å². The second-order valence-electron chi connectivity index (χ2n) is 8.02. The van der Waals surface area contributed by atoms with Gasteiger partial charge >= 0.3 is 5.97 Å². The molecule has 36 heavy (non-hydrogen) atoms. The van der Waals surface area contributed by atoms with Crippen molar-refractivity contribution in [3.63, 3.8) is 0 Å². The van der Waals surface area contributed by atoms with Gasteiger partial charge in [0.2, 0.25) is 6.79 Å². The SMILES string of the molecule is CCOC(=O)C1=C(C)N=c2s/c(=C\c3ccc4c(c3)OCO4)c(=O)n2[C@H]1c1cc(OC)ccc1OC. The van der Waals surface area contributed by atoms with Gasteiger partial charge in [0.25, 0.3) is 5.56 Å². The van der Waals surface area contributed by atoms with Gasteiger partial charge in [-0.2, -0.15) is 0 Å². The number of ether oxygens (including phenoxy) is 5. The Bertz CT molecular complexity index is 1570. The van der Waals surface area contributed by atoms with Crippen LogP contribution in [-0.4, -0.2) is 38.2 Å². The summed E-state index contributed by atoms with van der Waals surface area (Å²) in [4.78, 5) is 32.0. The maximum absolute atomic E-state index is 13.8. The molecule has 5 rings (SSSR count). The molecule has 3 heterocycles. The van der Waals surface area contributed by atoms with Crippen molar-refractivity contribution in [1.29, 1.82) is 0 Å². The maximum Gasteiger partial charge on any atom is 0.338 e. The second-order valence-corrected chi connectivity index (χ2v) is 9.03. The first-order valence-electron chi connectivity index (χ1n) is 11.3. The predicted octanol–water partition coefficient (Wildman–Crippen LogP) is 2.54. The number of methoxy groups -OCH3 is 2. The molecule has 0 unspecified atom stereocenters. The Morgan fingerprint density at radius 3 is 2.72 bits per heavy atom. The summed E-state index contributed by atoms with van der Waals surface area (Å²) in [6.07, 6.45) is 1.77. The minimum atomic E-state index is -0.816. The van der Waals surface area contributed by atoms with E-state index in [0.29, 0.717) is 43.6 Å². The molecule has 1 atom stereocenters. The Morgan fingerprint density at radius 2 is 1.97 bits per heavy atom. The molecule has 0 bridgehead atoms. The van der Waals surface area contributed by atoms with Crippen LogP contribution in [0.4, 0.5) is 0 Å². The molecule has 10 heteroatoms. The monoisotopic (exact) mass is 508 g/mol. The van der Waals surface area contributed by atoms with Gasteiger partial charge in [-0.1, -0.05) is 17.4 Å². The van der Waals surface area contributed by atoms with Crippen molar-refractivity contribution >= 4 is 23.4 Å². The average molecular weight is 509 g/mol. The second kappa shape index (κ2) is 9.54. The number of esters is 1. The van der Waals surface area contributed by atoms with Crippen LogP contribution in [0.3, 0.4) is 0 Å². The molecule has 186 valence electrons. The van der Waals surface area contributed by atoms with Crippen molar-refractivity contribution in [3.05, 3.63) is 78.5 Å². The lowest BCUT2D eigenvalue weighted by molar-refractivity contribution is -0.139. The standard InChI is InChI=1S/C26H24N2O7S/c1-5-33-25(30)22-14(2)27-26-28(23(22)17-12-16(31-3)7-9-18(17)32-4)24(29)21(36-26)11-15-6-8-19-20(10-15)35-13-34-19/h6-12,23H,5,13H2,1-4H3/b21-11-/t23-/m0/s1. The normalized spacial score (nSPS) is 16.4. The van der Waals surface area contributed by atoms with Crippen molar-refractivity contribution in [2.75, 3.05) is 27.6 Å². The van der Waals surface area contributed by atoms with Crippen LogP contribution in [-0.2, 0) is 9.53 Å². The zero-order valence-corrected chi connectivity index (χ0v) is 21.0. The first kappa shape index (κ1) is 23.7. The summed E-state index contributed by atoms with van der Waals surface area (Å²) in [5, 5.41) is 0. The Kier molecular flexibility index (Phi) is 6.27. The van der Waals surface area contributed by atoms with Crippen LogP contribution in [0, 0.1) is 0 Å². The van der Waals surface area contributed by atoms with Gasteiger partial charge in [-0.3, -0.25) is 9.36 Å². The van der Waals surface area contributed by atoms with Crippen molar-refractivity contribution < 1.29 is 28.5 Å². The van der Waals surface area contributed by atoms with E-state index in [2.05, 4.69) is 4.99 Å². The van der Waals surface area contributed by atoms with Crippen LogP contribution < -0.4 is 33.8 Å². The number of carbonyl (C=O) groups excluding carboxylic acids is 1. The lowest BCUT2D eigenvalue weighted by Crippen LogP contribution is -2.40. The summed E-state index contributed by atoms with van der Waals surface area (Å²) in [7, 11) is 3.09. The van der Waals surface area contributed by atoms with Gasteiger partial charge in [0.15, 0.2) is 16.3 Å². The number of allylic oxidation sites excluding steroid dienone is 1. The Labute approximate surface area is 210 Å². The van der Waals surface area contributed by atoms with Gasteiger partial charge in [0.05, 0.1) is 36.6 Å². The number of thiazole rings is 1. The van der Waals surface area contributed by atoms with Crippen LogP contribution in [0.5, 0.6) is 23.0 Å². The van der Waals surface area contributed by atoms with Crippen molar-refractivity contribution in [1.82, 2.24) is 4.57 Å². The molecule has 0 spiro atoms. The van der Waals surface area contributed by atoms with Gasteiger partial charge in [-0.15, -0.1) is 0 Å². The van der Waals surface area contributed by atoms with Crippen molar-refractivity contribution in [2.24, 2.45) is 4.99 Å². The van der Waals surface area contributed by atoms with E-state index in [9.17, 15) is 9.59 Å². The highest BCUT2D eigenvalue weighted by molar-refractivity contribution is 7.07. The number of benzene rings is 2. The molecular formula is C26H24N2O7S. The Morgan fingerprint density at radius 1 is 1.17 bits per heavy atom. The Hall–Kier alpha value is -4.05. The molecule has 9 nitrogen and oxygen atoms in total. The van der Waals surface area contributed by atoms with Gasteiger partial charge in [-0.05, 0) is 55.8 Å². The first-order chi connectivity index (χ1) is 17.4. The number of fused-ring (bicyclic) bond motifs is 2. The molecule has 0 amide bonds.